The highest BCUT2D eigenvalue weighted by atomic mass is 19.0. The Morgan fingerprint density at radius 3 is 1.60 bits per heavy atom. The van der Waals surface area contributed by atoms with E-state index in [4.69, 9.17) is 0 Å². The molecule has 0 bridgehead atoms. The van der Waals surface area contributed by atoms with E-state index >= 15 is 0 Å². The normalized spacial score (nSPS) is 22.2. The molecule has 0 N–H and O–H groups in total. The highest BCUT2D eigenvalue weighted by Crippen LogP contribution is 2.17. The lowest BCUT2D eigenvalue weighted by Crippen LogP contribution is -3.00. The zero-order valence-corrected chi connectivity index (χ0v) is 7.07. The van der Waals surface area contributed by atoms with Crippen LogP contribution in [0, 0.1) is 0 Å². The second kappa shape index (κ2) is 3.91. The molecule has 10 heavy (non-hydrogen) atoms. The Kier molecular flexibility index (Phi) is 3.87. The molecule has 1 aliphatic rings. The van der Waals surface area contributed by atoms with Gasteiger partial charge in [0.25, 0.3) is 0 Å². The van der Waals surface area contributed by atoms with E-state index < -0.39 is 0 Å². The van der Waals surface area contributed by atoms with Gasteiger partial charge in [-0.25, -0.2) is 0 Å². The first-order chi connectivity index (χ1) is 4.33. The summed E-state index contributed by atoms with van der Waals surface area (Å²) in [6.07, 6.45) is 2.92. The minimum Gasteiger partial charge on any atom is -1.00 e. The SMILES string of the molecule is CC[N+]1(CC)CCCC1.[F-]. The number of quaternary nitrogens is 1. The minimum atomic E-state index is 0. The third kappa shape index (κ3) is 1.69. The second-order valence-corrected chi connectivity index (χ2v) is 3.13. The summed E-state index contributed by atoms with van der Waals surface area (Å²) in [6, 6.07) is 0. The third-order valence-electron chi connectivity index (χ3n) is 2.86. The molecule has 0 atom stereocenters. The van der Waals surface area contributed by atoms with Gasteiger partial charge in [-0.2, -0.15) is 0 Å². The summed E-state index contributed by atoms with van der Waals surface area (Å²) in [5.41, 5.74) is 0. The molecule has 0 aromatic rings. The monoisotopic (exact) mass is 147 g/mol. The van der Waals surface area contributed by atoms with Crippen LogP contribution in [-0.2, 0) is 0 Å². The Labute approximate surface area is 63.0 Å². The van der Waals surface area contributed by atoms with Crippen molar-refractivity contribution in [2.24, 2.45) is 0 Å². The van der Waals surface area contributed by atoms with Crippen molar-refractivity contribution in [3.05, 3.63) is 0 Å². The average Bonchev–Trinajstić information content (AvgIpc) is 2.36. The van der Waals surface area contributed by atoms with Crippen molar-refractivity contribution in [2.75, 3.05) is 26.2 Å². The van der Waals surface area contributed by atoms with Crippen LogP contribution < -0.4 is 4.70 Å². The topological polar surface area (TPSA) is 0 Å². The van der Waals surface area contributed by atoms with E-state index in [0.717, 1.165) is 0 Å². The number of hydrogen-bond acceptors (Lipinski definition) is 0. The lowest BCUT2D eigenvalue weighted by atomic mass is 10.4. The fraction of sp³-hybridized carbons (Fsp3) is 1.00. The van der Waals surface area contributed by atoms with E-state index in [-0.39, 0.29) is 4.70 Å². The highest BCUT2D eigenvalue weighted by molar-refractivity contribution is 4.51. The number of likely N-dealkylation sites (tertiary alicyclic amines) is 1. The summed E-state index contributed by atoms with van der Waals surface area (Å²) in [6.45, 7) is 10.2. The zero-order valence-electron chi connectivity index (χ0n) is 7.07. The fourth-order valence-corrected chi connectivity index (χ4v) is 1.86. The van der Waals surface area contributed by atoms with Crippen molar-refractivity contribution in [2.45, 2.75) is 26.7 Å². The molecule has 0 radical (unpaired) electrons. The third-order valence-corrected chi connectivity index (χ3v) is 2.86. The summed E-state index contributed by atoms with van der Waals surface area (Å²) < 4.78 is 1.39. The smallest absolute Gasteiger partial charge is 0.0788 e. The molecule has 0 aromatic heterocycles. The molecule has 1 saturated heterocycles. The van der Waals surface area contributed by atoms with Crippen LogP contribution in [0.2, 0.25) is 0 Å². The summed E-state index contributed by atoms with van der Waals surface area (Å²) in [7, 11) is 0. The van der Waals surface area contributed by atoms with Crippen molar-refractivity contribution >= 4 is 0 Å². The lowest BCUT2D eigenvalue weighted by molar-refractivity contribution is -0.913. The van der Waals surface area contributed by atoms with Gasteiger partial charge in [-0.05, 0) is 13.8 Å². The minimum absolute atomic E-state index is 0. The Morgan fingerprint density at radius 2 is 1.40 bits per heavy atom. The van der Waals surface area contributed by atoms with Gasteiger partial charge in [0.2, 0.25) is 0 Å². The van der Waals surface area contributed by atoms with Crippen molar-refractivity contribution in [1.82, 2.24) is 0 Å². The Balaban J connectivity index is 0.000000810. The average molecular weight is 147 g/mol. The maximum Gasteiger partial charge on any atom is 0.0788 e. The molecular formula is C8H18FN. The van der Waals surface area contributed by atoms with Gasteiger partial charge in [-0.3, -0.25) is 0 Å². The largest absolute Gasteiger partial charge is 1.00 e. The highest BCUT2D eigenvalue weighted by Gasteiger charge is 2.27. The quantitative estimate of drug-likeness (QED) is 0.423. The Hall–Kier alpha value is -0.110. The van der Waals surface area contributed by atoms with Gasteiger partial charge >= 0.3 is 0 Å². The molecule has 62 valence electrons. The summed E-state index contributed by atoms with van der Waals surface area (Å²) in [4.78, 5) is 0. The van der Waals surface area contributed by atoms with Gasteiger partial charge in [-0.1, -0.05) is 0 Å². The molecule has 1 rings (SSSR count). The van der Waals surface area contributed by atoms with Crippen molar-refractivity contribution in [1.29, 1.82) is 0 Å². The van der Waals surface area contributed by atoms with Crippen LogP contribution in [-0.4, -0.2) is 30.7 Å². The van der Waals surface area contributed by atoms with E-state index in [2.05, 4.69) is 13.8 Å². The summed E-state index contributed by atoms with van der Waals surface area (Å²) >= 11 is 0. The van der Waals surface area contributed by atoms with Gasteiger partial charge in [0.05, 0.1) is 26.2 Å². The van der Waals surface area contributed by atoms with E-state index in [1.54, 1.807) is 0 Å². The van der Waals surface area contributed by atoms with E-state index in [1.807, 2.05) is 0 Å². The molecule has 1 heterocycles. The second-order valence-electron chi connectivity index (χ2n) is 3.13. The molecule has 0 unspecified atom stereocenters. The van der Waals surface area contributed by atoms with Crippen LogP contribution in [0.1, 0.15) is 26.7 Å². The standard InChI is InChI=1S/C8H18N.FH/c1-3-9(4-2)7-5-6-8-9;/h3-8H2,1-2H3;1H/q+1;/p-1. The molecule has 1 aliphatic heterocycles. The van der Waals surface area contributed by atoms with Gasteiger partial charge in [0.15, 0.2) is 0 Å². The number of halogens is 1. The Bertz CT molecular complexity index is 81.3. The van der Waals surface area contributed by atoms with Crippen LogP contribution in [0.15, 0.2) is 0 Å². The first-order valence-corrected chi connectivity index (χ1v) is 4.18. The Morgan fingerprint density at radius 1 is 1.00 bits per heavy atom. The van der Waals surface area contributed by atoms with E-state index in [0.29, 0.717) is 0 Å². The molecule has 0 amide bonds. The van der Waals surface area contributed by atoms with Gasteiger partial charge in [0.1, 0.15) is 0 Å². The maximum absolute atomic E-state index is 2.31. The summed E-state index contributed by atoms with van der Waals surface area (Å²) in [5.74, 6) is 0. The van der Waals surface area contributed by atoms with Gasteiger partial charge in [-0.15, -0.1) is 0 Å². The first kappa shape index (κ1) is 9.89. The van der Waals surface area contributed by atoms with Gasteiger partial charge < -0.3 is 9.19 Å². The fourth-order valence-electron chi connectivity index (χ4n) is 1.86. The van der Waals surface area contributed by atoms with Crippen molar-refractivity contribution in [3.63, 3.8) is 0 Å². The number of hydrogen-bond donors (Lipinski definition) is 0. The van der Waals surface area contributed by atoms with Crippen molar-refractivity contribution in [3.8, 4) is 0 Å². The number of rotatable bonds is 2. The molecular weight excluding hydrogens is 129 g/mol. The molecule has 1 fully saturated rings. The van der Waals surface area contributed by atoms with Crippen LogP contribution in [0.25, 0.3) is 0 Å². The molecule has 0 aromatic carbocycles. The van der Waals surface area contributed by atoms with E-state index in [1.165, 1.54) is 43.5 Å². The number of nitrogens with zero attached hydrogens (tertiary/aromatic N) is 1. The molecule has 0 saturated carbocycles. The predicted molar refractivity (Wildman–Crippen MR) is 40.3 cm³/mol. The maximum atomic E-state index is 2.31. The van der Waals surface area contributed by atoms with Crippen LogP contribution in [0.5, 0.6) is 0 Å². The van der Waals surface area contributed by atoms with Gasteiger partial charge in [0, 0.05) is 12.8 Å². The lowest BCUT2D eigenvalue weighted by Gasteiger charge is -2.31. The van der Waals surface area contributed by atoms with Crippen LogP contribution in [0.4, 0.5) is 0 Å². The van der Waals surface area contributed by atoms with Crippen LogP contribution in [0.3, 0.4) is 0 Å². The molecule has 0 aliphatic carbocycles. The molecule has 2 heteroatoms. The van der Waals surface area contributed by atoms with E-state index in [9.17, 15) is 0 Å². The predicted octanol–water partition coefficient (Wildman–Crippen LogP) is -1.36. The van der Waals surface area contributed by atoms with Crippen LogP contribution >= 0.6 is 0 Å². The molecule has 1 nitrogen and oxygen atoms in total. The zero-order chi connectivity index (χ0) is 6.74. The molecule has 0 spiro atoms. The summed E-state index contributed by atoms with van der Waals surface area (Å²) in [5, 5.41) is 0. The van der Waals surface area contributed by atoms with Crippen molar-refractivity contribution < 1.29 is 9.19 Å². The first-order valence-electron chi connectivity index (χ1n) is 4.18.